The second kappa shape index (κ2) is 6.06. The summed E-state index contributed by atoms with van der Waals surface area (Å²) in [6.07, 6.45) is 1.10. The number of rotatable bonds is 5. The molecule has 0 spiro atoms. The Bertz CT molecular complexity index is 559. The number of nitrogen functional groups attached to an aromatic ring is 1. The van der Waals surface area contributed by atoms with E-state index >= 15 is 0 Å². The molecule has 1 aromatic carbocycles. The zero-order valence-corrected chi connectivity index (χ0v) is 11.7. The molecule has 102 valence electrons. The van der Waals surface area contributed by atoms with E-state index in [2.05, 4.69) is 24.0 Å². The van der Waals surface area contributed by atoms with Gasteiger partial charge in [0.2, 0.25) is 0 Å². The lowest BCUT2D eigenvalue weighted by Gasteiger charge is -2.04. The Hall–Kier alpha value is -1.56. The van der Waals surface area contributed by atoms with Gasteiger partial charge in [-0.05, 0) is 24.6 Å². The van der Waals surface area contributed by atoms with Crippen molar-refractivity contribution in [2.24, 2.45) is 0 Å². The van der Waals surface area contributed by atoms with E-state index in [9.17, 15) is 4.39 Å². The predicted octanol–water partition coefficient (Wildman–Crippen LogP) is 3.49. The number of nitrogens with zero attached hydrogens (tertiary/aromatic N) is 2. The first-order chi connectivity index (χ1) is 9.10. The standard InChI is InChI=1S/C13H16FN3OS/c1-3-8(2)19-7-12-16-13(18-17-12)10-5-4-9(14)6-11(10)15/h4-6,8H,3,7,15H2,1-2H3. The lowest BCUT2D eigenvalue weighted by molar-refractivity contribution is 0.425. The number of thioether (sulfide) groups is 1. The second-order valence-corrected chi connectivity index (χ2v) is 5.70. The molecule has 0 amide bonds. The van der Waals surface area contributed by atoms with Crippen LogP contribution in [0.1, 0.15) is 26.1 Å². The van der Waals surface area contributed by atoms with Gasteiger partial charge >= 0.3 is 0 Å². The fourth-order valence-electron chi connectivity index (χ4n) is 1.48. The minimum absolute atomic E-state index is 0.296. The van der Waals surface area contributed by atoms with E-state index in [-0.39, 0.29) is 5.82 Å². The van der Waals surface area contributed by atoms with Crippen molar-refractivity contribution in [1.29, 1.82) is 0 Å². The molecule has 19 heavy (non-hydrogen) atoms. The summed E-state index contributed by atoms with van der Waals surface area (Å²) in [5.41, 5.74) is 6.59. The van der Waals surface area contributed by atoms with Gasteiger partial charge in [0.25, 0.3) is 5.89 Å². The SMILES string of the molecule is CCC(C)SCc1noc(-c2ccc(F)cc2N)n1. The topological polar surface area (TPSA) is 64.9 Å². The normalized spacial score (nSPS) is 12.6. The van der Waals surface area contributed by atoms with Gasteiger partial charge in [-0.2, -0.15) is 16.7 Å². The molecule has 2 rings (SSSR count). The average Bonchev–Trinajstić information content (AvgIpc) is 2.84. The van der Waals surface area contributed by atoms with Crippen LogP contribution in [0.4, 0.5) is 10.1 Å². The molecule has 1 unspecified atom stereocenters. The van der Waals surface area contributed by atoms with Crippen molar-refractivity contribution in [2.45, 2.75) is 31.3 Å². The molecule has 0 bridgehead atoms. The van der Waals surface area contributed by atoms with Crippen LogP contribution >= 0.6 is 11.8 Å². The first-order valence-corrected chi connectivity index (χ1v) is 7.14. The Morgan fingerprint density at radius 1 is 1.47 bits per heavy atom. The third kappa shape index (κ3) is 3.47. The Morgan fingerprint density at radius 2 is 2.26 bits per heavy atom. The van der Waals surface area contributed by atoms with Gasteiger partial charge in [0.1, 0.15) is 5.82 Å². The Labute approximate surface area is 115 Å². The van der Waals surface area contributed by atoms with Crippen LogP contribution in [0.3, 0.4) is 0 Å². The molecule has 1 heterocycles. The lowest BCUT2D eigenvalue weighted by Crippen LogP contribution is -1.95. The number of hydrogen-bond donors (Lipinski definition) is 1. The zero-order valence-electron chi connectivity index (χ0n) is 10.9. The lowest BCUT2D eigenvalue weighted by atomic mass is 10.2. The molecular formula is C13H16FN3OS. The van der Waals surface area contributed by atoms with Crippen LogP contribution < -0.4 is 5.73 Å². The van der Waals surface area contributed by atoms with Crippen molar-refractivity contribution in [3.05, 3.63) is 29.8 Å². The summed E-state index contributed by atoms with van der Waals surface area (Å²) >= 11 is 1.77. The second-order valence-electron chi connectivity index (χ2n) is 4.28. The van der Waals surface area contributed by atoms with E-state index in [0.717, 1.165) is 6.42 Å². The van der Waals surface area contributed by atoms with Gasteiger partial charge in [0, 0.05) is 10.9 Å². The molecule has 0 fully saturated rings. The summed E-state index contributed by atoms with van der Waals surface area (Å²) in [5, 5.41) is 4.46. The van der Waals surface area contributed by atoms with Crippen LogP contribution in [-0.4, -0.2) is 15.4 Å². The molecule has 0 aliphatic heterocycles. The maximum atomic E-state index is 13.0. The molecule has 1 atom stereocenters. The van der Waals surface area contributed by atoms with Crippen LogP contribution in [0.2, 0.25) is 0 Å². The molecule has 1 aromatic heterocycles. The summed E-state index contributed by atoms with van der Waals surface area (Å²) in [7, 11) is 0. The molecule has 0 saturated heterocycles. The molecule has 0 aliphatic carbocycles. The molecule has 0 saturated carbocycles. The first kappa shape index (κ1) is 13.9. The van der Waals surface area contributed by atoms with Gasteiger partial charge in [0.05, 0.1) is 11.3 Å². The molecule has 0 radical (unpaired) electrons. The van der Waals surface area contributed by atoms with Gasteiger partial charge in [-0.15, -0.1) is 0 Å². The molecule has 2 N–H and O–H groups in total. The number of benzene rings is 1. The van der Waals surface area contributed by atoms with E-state index in [0.29, 0.717) is 34.0 Å². The van der Waals surface area contributed by atoms with Crippen molar-refractivity contribution in [1.82, 2.24) is 10.1 Å². The van der Waals surface area contributed by atoms with Gasteiger partial charge in [-0.3, -0.25) is 0 Å². The average molecular weight is 281 g/mol. The highest BCUT2D eigenvalue weighted by atomic mass is 32.2. The van der Waals surface area contributed by atoms with Gasteiger partial charge in [-0.1, -0.05) is 19.0 Å². The van der Waals surface area contributed by atoms with Crippen LogP contribution in [-0.2, 0) is 5.75 Å². The molecule has 2 aromatic rings. The van der Waals surface area contributed by atoms with E-state index < -0.39 is 0 Å². The fourth-order valence-corrected chi connectivity index (χ4v) is 2.27. The van der Waals surface area contributed by atoms with Crippen LogP contribution in [0.25, 0.3) is 11.5 Å². The fraction of sp³-hybridized carbons (Fsp3) is 0.385. The van der Waals surface area contributed by atoms with E-state index in [4.69, 9.17) is 10.3 Å². The molecule has 4 nitrogen and oxygen atoms in total. The third-order valence-electron chi connectivity index (χ3n) is 2.78. The number of halogens is 1. The van der Waals surface area contributed by atoms with Crippen molar-refractivity contribution < 1.29 is 8.91 Å². The Morgan fingerprint density at radius 3 is 2.95 bits per heavy atom. The van der Waals surface area contributed by atoms with E-state index in [1.807, 2.05) is 0 Å². The van der Waals surface area contributed by atoms with Gasteiger partial charge < -0.3 is 10.3 Å². The van der Waals surface area contributed by atoms with Gasteiger partial charge in [-0.25, -0.2) is 4.39 Å². The van der Waals surface area contributed by atoms with E-state index in [1.165, 1.54) is 12.1 Å². The Balaban J connectivity index is 2.12. The van der Waals surface area contributed by atoms with Crippen LogP contribution in [0.15, 0.2) is 22.7 Å². The van der Waals surface area contributed by atoms with Crippen molar-refractivity contribution in [2.75, 3.05) is 5.73 Å². The number of aromatic nitrogens is 2. The van der Waals surface area contributed by atoms with Crippen LogP contribution in [0, 0.1) is 5.82 Å². The highest BCUT2D eigenvalue weighted by molar-refractivity contribution is 7.99. The first-order valence-electron chi connectivity index (χ1n) is 6.09. The maximum Gasteiger partial charge on any atom is 0.260 e. The van der Waals surface area contributed by atoms with Crippen molar-refractivity contribution in [3.8, 4) is 11.5 Å². The largest absolute Gasteiger partial charge is 0.398 e. The maximum absolute atomic E-state index is 13.0. The summed E-state index contributed by atoms with van der Waals surface area (Å²) in [6.45, 7) is 4.29. The molecule has 0 aliphatic rings. The third-order valence-corrected chi connectivity index (χ3v) is 4.11. The quantitative estimate of drug-likeness (QED) is 0.850. The monoisotopic (exact) mass is 281 g/mol. The summed E-state index contributed by atoms with van der Waals surface area (Å²) in [6, 6.07) is 4.11. The Kier molecular flexibility index (Phi) is 4.42. The smallest absolute Gasteiger partial charge is 0.260 e. The number of hydrogen-bond acceptors (Lipinski definition) is 5. The predicted molar refractivity (Wildman–Crippen MR) is 75.2 cm³/mol. The van der Waals surface area contributed by atoms with Crippen molar-refractivity contribution >= 4 is 17.4 Å². The molecular weight excluding hydrogens is 265 g/mol. The molecule has 6 heteroatoms. The van der Waals surface area contributed by atoms with Crippen molar-refractivity contribution in [3.63, 3.8) is 0 Å². The number of anilines is 1. The van der Waals surface area contributed by atoms with Gasteiger partial charge in [0.15, 0.2) is 5.82 Å². The van der Waals surface area contributed by atoms with E-state index in [1.54, 1.807) is 17.8 Å². The summed E-state index contributed by atoms with van der Waals surface area (Å²) in [4.78, 5) is 4.28. The zero-order chi connectivity index (χ0) is 13.8. The highest BCUT2D eigenvalue weighted by Crippen LogP contribution is 2.26. The minimum atomic E-state index is -0.381. The van der Waals surface area contributed by atoms with Crippen LogP contribution in [0.5, 0.6) is 0 Å². The summed E-state index contributed by atoms with van der Waals surface area (Å²) < 4.78 is 18.1. The minimum Gasteiger partial charge on any atom is -0.398 e. The number of nitrogens with two attached hydrogens (primary N) is 1. The highest BCUT2D eigenvalue weighted by Gasteiger charge is 2.13. The summed E-state index contributed by atoms with van der Waals surface area (Å²) in [5.74, 6) is 1.27.